The van der Waals surface area contributed by atoms with E-state index in [1.165, 1.54) is 24.5 Å². The molecule has 1 aliphatic heterocycles. The molecule has 0 amide bonds. The molecule has 1 aromatic carbocycles. The molecule has 0 bridgehead atoms. The van der Waals surface area contributed by atoms with E-state index < -0.39 is 17.4 Å². The van der Waals surface area contributed by atoms with Gasteiger partial charge in [-0.05, 0) is 18.2 Å². The van der Waals surface area contributed by atoms with Crippen LogP contribution in [0.25, 0.3) is 11.0 Å². The van der Waals surface area contributed by atoms with Gasteiger partial charge < -0.3 is 19.7 Å². The average Bonchev–Trinajstić information content (AvgIpc) is 3.11. The predicted octanol–water partition coefficient (Wildman–Crippen LogP) is 2.60. The van der Waals surface area contributed by atoms with Gasteiger partial charge in [-0.2, -0.15) is 0 Å². The Hall–Kier alpha value is -3.16. The lowest BCUT2D eigenvalue weighted by Crippen LogP contribution is -2.53. The third kappa shape index (κ3) is 2.83. The van der Waals surface area contributed by atoms with Gasteiger partial charge in [-0.3, -0.25) is 0 Å². The van der Waals surface area contributed by atoms with E-state index in [4.69, 9.17) is 4.74 Å². The van der Waals surface area contributed by atoms with Crippen molar-refractivity contribution < 1.29 is 19.0 Å². The van der Waals surface area contributed by atoms with Gasteiger partial charge in [-0.1, -0.05) is 6.07 Å². The van der Waals surface area contributed by atoms with Gasteiger partial charge in [0.2, 0.25) is 5.60 Å². The molecule has 1 fully saturated rings. The Morgan fingerprint density at radius 1 is 1.27 bits per heavy atom. The zero-order chi connectivity index (χ0) is 18.1. The second-order valence-corrected chi connectivity index (χ2v) is 6.28. The highest BCUT2D eigenvalue weighted by Crippen LogP contribution is 2.33. The Balaban J connectivity index is 1.56. The third-order valence-electron chi connectivity index (χ3n) is 4.70. The molecular weight excluding hydrogens is 339 g/mol. The molecule has 1 aliphatic rings. The molecule has 0 spiro atoms. The molecule has 0 aliphatic carbocycles. The molecule has 0 radical (unpaired) electrons. The first-order valence-corrected chi connectivity index (χ1v) is 8.28. The van der Waals surface area contributed by atoms with Crippen LogP contribution in [-0.4, -0.2) is 44.7 Å². The van der Waals surface area contributed by atoms with Crippen molar-refractivity contribution in [2.24, 2.45) is 0 Å². The van der Waals surface area contributed by atoms with Gasteiger partial charge in [-0.25, -0.2) is 19.2 Å². The van der Waals surface area contributed by atoms with Crippen molar-refractivity contribution in [3.63, 3.8) is 0 Å². The fourth-order valence-corrected chi connectivity index (χ4v) is 3.31. The van der Waals surface area contributed by atoms with Crippen molar-refractivity contribution in [2.45, 2.75) is 18.4 Å². The van der Waals surface area contributed by atoms with E-state index >= 15 is 0 Å². The molecule has 2 N–H and O–H groups in total. The number of aliphatic carboxylic acids is 1. The lowest BCUT2D eigenvalue weighted by molar-refractivity contribution is -0.157. The SMILES string of the molecule is O=C(O)C1(Oc2cccc(F)c2)CCN(c2ncnc3[nH]ccc23)CC1. The molecular formula is C18H17FN4O3. The second-order valence-electron chi connectivity index (χ2n) is 6.28. The number of carboxylic acid groups (broad SMARTS) is 1. The number of aromatic amines is 1. The van der Waals surface area contributed by atoms with Crippen LogP contribution in [0, 0.1) is 5.82 Å². The van der Waals surface area contributed by atoms with E-state index in [0.717, 1.165) is 16.9 Å². The Labute approximate surface area is 148 Å². The smallest absolute Gasteiger partial charge is 0.348 e. The molecule has 1 saturated heterocycles. The Kier molecular flexibility index (Phi) is 3.95. The quantitative estimate of drug-likeness (QED) is 0.747. The summed E-state index contributed by atoms with van der Waals surface area (Å²) in [6.45, 7) is 0.915. The van der Waals surface area contributed by atoms with Crippen LogP contribution in [0.1, 0.15) is 12.8 Å². The fraction of sp³-hybridized carbons (Fsp3) is 0.278. The van der Waals surface area contributed by atoms with E-state index in [1.54, 1.807) is 12.3 Å². The molecule has 3 heterocycles. The molecule has 8 heteroatoms. The minimum atomic E-state index is -1.38. The number of hydrogen-bond donors (Lipinski definition) is 2. The van der Waals surface area contributed by atoms with Gasteiger partial charge in [0.1, 0.15) is 29.4 Å². The lowest BCUT2D eigenvalue weighted by Gasteiger charge is -2.39. The maximum absolute atomic E-state index is 13.4. The van der Waals surface area contributed by atoms with Crippen molar-refractivity contribution in [1.82, 2.24) is 15.0 Å². The Morgan fingerprint density at radius 3 is 2.81 bits per heavy atom. The minimum Gasteiger partial charge on any atom is -0.478 e. The van der Waals surface area contributed by atoms with Crippen LogP contribution in [0.3, 0.4) is 0 Å². The Morgan fingerprint density at radius 2 is 2.08 bits per heavy atom. The normalized spacial score (nSPS) is 16.6. The number of aromatic nitrogens is 3. The summed E-state index contributed by atoms with van der Waals surface area (Å²) >= 11 is 0. The summed E-state index contributed by atoms with van der Waals surface area (Å²) in [4.78, 5) is 25.5. The van der Waals surface area contributed by atoms with Crippen molar-refractivity contribution in [2.75, 3.05) is 18.0 Å². The van der Waals surface area contributed by atoms with Crippen molar-refractivity contribution in [3.05, 3.63) is 48.7 Å². The van der Waals surface area contributed by atoms with Gasteiger partial charge in [0.25, 0.3) is 0 Å². The minimum absolute atomic E-state index is 0.218. The highest BCUT2D eigenvalue weighted by atomic mass is 19.1. The first-order chi connectivity index (χ1) is 12.6. The zero-order valence-electron chi connectivity index (χ0n) is 13.9. The molecule has 0 saturated carbocycles. The largest absolute Gasteiger partial charge is 0.478 e. The van der Waals surface area contributed by atoms with Crippen LogP contribution in [0.5, 0.6) is 5.75 Å². The number of nitrogens with one attached hydrogen (secondary N) is 1. The topological polar surface area (TPSA) is 91.3 Å². The molecule has 0 unspecified atom stereocenters. The molecule has 3 aromatic rings. The number of halogens is 1. The zero-order valence-corrected chi connectivity index (χ0v) is 13.9. The number of H-pyrrole nitrogens is 1. The number of anilines is 1. The molecule has 134 valence electrons. The van der Waals surface area contributed by atoms with Crippen LogP contribution in [0.4, 0.5) is 10.2 Å². The molecule has 0 atom stereocenters. The highest BCUT2D eigenvalue weighted by molar-refractivity contribution is 5.87. The number of rotatable bonds is 4. The Bertz CT molecular complexity index is 950. The number of piperidine rings is 1. The summed E-state index contributed by atoms with van der Waals surface area (Å²) in [5, 5.41) is 10.6. The maximum atomic E-state index is 13.4. The number of fused-ring (bicyclic) bond motifs is 1. The van der Waals surface area contributed by atoms with E-state index in [9.17, 15) is 14.3 Å². The summed E-state index contributed by atoms with van der Waals surface area (Å²) in [6.07, 6.45) is 3.79. The first-order valence-electron chi connectivity index (χ1n) is 8.28. The van der Waals surface area contributed by atoms with Crippen LogP contribution in [-0.2, 0) is 4.79 Å². The summed E-state index contributed by atoms with van der Waals surface area (Å²) in [5.41, 5.74) is -0.643. The number of carbonyl (C=O) groups is 1. The average molecular weight is 356 g/mol. The van der Waals surface area contributed by atoms with E-state index in [1.807, 2.05) is 11.0 Å². The molecule has 2 aromatic heterocycles. The monoisotopic (exact) mass is 356 g/mol. The van der Waals surface area contributed by atoms with Crippen molar-refractivity contribution in [3.8, 4) is 5.75 Å². The van der Waals surface area contributed by atoms with Crippen LogP contribution in [0.2, 0.25) is 0 Å². The number of carboxylic acids is 1. The summed E-state index contributed by atoms with van der Waals surface area (Å²) in [6, 6.07) is 7.45. The molecule has 4 rings (SSSR count). The van der Waals surface area contributed by atoms with E-state index in [-0.39, 0.29) is 18.6 Å². The van der Waals surface area contributed by atoms with Crippen LogP contribution >= 0.6 is 0 Å². The molecule has 26 heavy (non-hydrogen) atoms. The van der Waals surface area contributed by atoms with Gasteiger partial charge >= 0.3 is 5.97 Å². The lowest BCUT2D eigenvalue weighted by atomic mass is 9.91. The second kappa shape index (κ2) is 6.29. The van der Waals surface area contributed by atoms with Crippen molar-refractivity contribution >= 4 is 22.8 Å². The number of benzene rings is 1. The molecule has 7 nitrogen and oxygen atoms in total. The van der Waals surface area contributed by atoms with Crippen LogP contribution < -0.4 is 9.64 Å². The first kappa shape index (κ1) is 16.3. The number of nitrogens with zero attached hydrogens (tertiary/aromatic N) is 3. The number of hydrogen-bond acceptors (Lipinski definition) is 5. The van der Waals surface area contributed by atoms with Crippen molar-refractivity contribution in [1.29, 1.82) is 0 Å². The fourth-order valence-electron chi connectivity index (χ4n) is 3.31. The highest BCUT2D eigenvalue weighted by Gasteiger charge is 2.44. The third-order valence-corrected chi connectivity index (χ3v) is 4.70. The van der Waals surface area contributed by atoms with Gasteiger partial charge in [0.15, 0.2) is 0 Å². The van der Waals surface area contributed by atoms with E-state index in [0.29, 0.717) is 13.1 Å². The van der Waals surface area contributed by atoms with Gasteiger partial charge in [-0.15, -0.1) is 0 Å². The number of ether oxygens (including phenoxy) is 1. The summed E-state index contributed by atoms with van der Waals surface area (Å²) < 4.78 is 19.1. The maximum Gasteiger partial charge on any atom is 0.348 e. The predicted molar refractivity (Wildman–Crippen MR) is 92.7 cm³/mol. The van der Waals surface area contributed by atoms with E-state index in [2.05, 4.69) is 15.0 Å². The van der Waals surface area contributed by atoms with Gasteiger partial charge in [0, 0.05) is 38.2 Å². The van der Waals surface area contributed by atoms with Crippen LogP contribution in [0.15, 0.2) is 42.9 Å². The summed E-state index contributed by atoms with van der Waals surface area (Å²) in [5.74, 6) is -0.524. The standard InChI is InChI=1S/C18H17FN4O3/c19-12-2-1-3-13(10-12)26-18(17(24)25)5-8-23(9-6-18)16-14-4-7-20-15(14)21-11-22-16/h1-4,7,10-11H,5-6,8-9H2,(H,24,25)(H,20,21,22). The van der Waals surface area contributed by atoms with Gasteiger partial charge in [0.05, 0.1) is 5.39 Å². The summed E-state index contributed by atoms with van der Waals surface area (Å²) in [7, 11) is 0.